The molecule has 2 aliphatic rings. The number of nitrogens with zero attached hydrogens (tertiary/aromatic N) is 1. The normalized spacial score (nSPS) is 24.8. The van der Waals surface area contributed by atoms with Crippen LogP contribution >= 0.6 is 0 Å². The molecule has 0 spiro atoms. The summed E-state index contributed by atoms with van der Waals surface area (Å²) in [5.41, 5.74) is 2.09. The minimum absolute atomic E-state index is 0.00191. The molecule has 3 amide bonds. The lowest BCUT2D eigenvalue weighted by Gasteiger charge is -2.27. The number of nitrogens with one attached hydrogen (secondary N) is 1. The van der Waals surface area contributed by atoms with E-state index in [-0.39, 0.29) is 17.7 Å². The molecule has 2 saturated heterocycles. The maximum Gasteiger partial charge on any atom is 0.411 e. The second-order valence-electron chi connectivity index (χ2n) is 7.37. The van der Waals surface area contributed by atoms with E-state index >= 15 is 0 Å². The average molecular weight is 330 g/mol. The molecule has 0 aromatic heterocycles. The Labute approximate surface area is 141 Å². The van der Waals surface area contributed by atoms with Crippen molar-refractivity contribution >= 4 is 17.9 Å². The summed E-state index contributed by atoms with van der Waals surface area (Å²) >= 11 is 0. The standard InChI is InChI=1S/C18H22N2O4/c1-18(2,3)12-6-4-5-11(9-12)14-10-20(17(23)24-14)13-7-8-15(21)19-16(13)22/h4-6,9,13-14H,7-8,10H2,1-3H3,(H,19,21,22)/t13?,14-/m1/s1. The van der Waals surface area contributed by atoms with Gasteiger partial charge in [0.2, 0.25) is 11.8 Å². The van der Waals surface area contributed by atoms with Crippen molar-refractivity contribution in [3.05, 3.63) is 35.4 Å². The van der Waals surface area contributed by atoms with Crippen molar-refractivity contribution in [2.45, 2.75) is 51.2 Å². The first-order chi connectivity index (χ1) is 11.3. The molecule has 24 heavy (non-hydrogen) atoms. The van der Waals surface area contributed by atoms with E-state index in [9.17, 15) is 14.4 Å². The largest absolute Gasteiger partial charge is 0.439 e. The quantitative estimate of drug-likeness (QED) is 0.844. The van der Waals surface area contributed by atoms with Gasteiger partial charge in [0, 0.05) is 6.42 Å². The molecule has 128 valence electrons. The zero-order valence-electron chi connectivity index (χ0n) is 14.2. The van der Waals surface area contributed by atoms with Crippen LogP contribution in [0.2, 0.25) is 0 Å². The van der Waals surface area contributed by atoms with E-state index in [1.54, 1.807) is 0 Å². The lowest BCUT2D eigenvalue weighted by Crippen LogP contribution is -2.52. The second kappa shape index (κ2) is 5.92. The molecule has 2 aliphatic heterocycles. The third kappa shape index (κ3) is 3.13. The predicted octanol–water partition coefficient (Wildman–Crippen LogP) is 2.28. The first kappa shape index (κ1) is 16.5. The minimum Gasteiger partial charge on any atom is -0.439 e. The van der Waals surface area contributed by atoms with Crippen molar-refractivity contribution in [1.29, 1.82) is 0 Å². The summed E-state index contributed by atoms with van der Waals surface area (Å²) in [6.07, 6.45) is -0.320. The van der Waals surface area contributed by atoms with Gasteiger partial charge in [-0.25, -0.2) is 4.79 Å². The summed E-state index contributed by atoms with van der Waals surface area (Å²) in [6.45, 7) is 6.70. The number of piperidine rings is 1. The lowest BCUT2D eigenvalue weighted by molar-refractivity contribution is -0.136. The Morgan fingerprint density at radius 3 is 2.62 bits per heavy atom. The molecule has 2 fully saturated rings. The number of amides is 3. The fourth-order valence-corrected chi connectivity index (χ4v) is 3.09. The Hall–Kier alpha value is -2.37. The van der Waals surface area contributed by atoms with E-state index in [2.05, 4.69) is 32.2 Å². The Morgan fingerprint density at radius 2 is 1.96 bits per heavy atom. The highest BCUT2D eigenvalue weighted by molar-refractivity contribution is 6.01. The molecule has 3 rings (SSSR count). The second-order valence-corrected chi connectivity index (χ2v) is 7.37. The van der Waals surface area contributed by atoms with Crippen LogP contribution in [0.15, 0.2) is 24.3 Å². The number of carbonyl (C=O) groups is 3. The van der Waals surface area contributed by atoms with Gasteiger partial charge in [-0.3, -0.25) is 19.8 Å². The molecule has 2 heterocycles. The first-order valence-corrected chi connectivity index (χ1v) is 8.17. The van der Waals surface area contributed by atoms with Gasteiger partial charge in [-0.2, -0.15) is 0 Å². The van der Waals surface area contributed by atoms with Crippen LogP contribution in [0.3, 0.4) is 0 Å². The maximum absolute atomic E-state index is 12.2. The molecule has 6 heteroatoms. The first-order valence-electron chi connectivity index (χ1n) is 8.17. The van der Waals surface area contributed by atoms with Crippen LogP contribution in [-0.4, -0.2) is 35.4 Å². The smallest absolute Gasteiger partial charge is 0.411 e. The minimum atomic E-state index is -0.633. The number of carbonyl (C=O) groups excluding carboxylic acids is 3. The zero-order chi connectivity index (χ0) is 17.5. The number of cyclic esters (lactones) is 1. The van der Waals surface area contributed by atoms with Gasteiger partial charge in [-0.05, 0) is 23.0 Å². The third-order valence-corrected chi connectivity index (χ3v) is 4.55. The van der Waals surface area contributed by atoms with Crippen molar-refractivity contribution in [1.82, 2.24) is 10.2 Å². The van der Waals surface area contributed by atoms with Crippen LogP contribution in [0.1, 0.15) is 50.8 Å². The van der Waals surface area contributed by atoms with Gasteiger partial charge < -0.3 is 4.74 Å². The van der Waals surface area contributed by atoms with Gasteiger partial charge in [0.05, 0.1) is 6.54 Å². The van der Waals surface area contributed by atoms with Gasteiger partial charge in [0.15, 0.2) is 0 Å². The van der Waals surface area contributed by atoms with Crippen LogP contribution in [0.4, 0.5) is 4.79 Å². The third-order valence-electron chi connectivity index (χ3n) is 4.55. The van der Waals surface area contributed by atoms with Gasteiger partial charge in [0.25, 0.3) is 0 Å². The van der Waals surface area contributed by atoms with E-state index in [0.29, 0.717) is 13.0 Å². The van der Waals surface area contributed by atoms with Gasteiger partial charge >= 0.3 is 6.09 Å². The van der Waals surface area contributed by atoms with E-state index < -0.39 is 24.1 Å². The van der Waals surface area contributed by atoms with Crippen molar-refractivity contribution in [2.24, 2.45) is 0 Å². The Bertz CT molecular complexity index is 693. The summed E-state index contributed by atoms with van der Waals surface area (Å²) in [5.74, 6) is -0.717. The van der Waals surface area contributed by atoms with E-state index in [4.69, 9.17) is 4.74 Å². The van der Waals surface area contributed by atoms with Crippen LogP contribution in [0, 0.1) is 0 Å². The van der Waals surface area contributed by atoms with Crippen LogP contribution < -0.4 is 5.32 Å². The number of rotatable bonds is 2. The molecular formula is C18H22N2O4. The van der Waals surface area contributed by atoms with Gasteiger partial charge in [0.1, 0.15) is 12.1 Å². The summed E-state index contributed by atoms with van der Waals surface area (Å²) in [7, 11) is 0. The van der Waals surface area contributed by atoms with Crippen LogP contribution in [0.25, 0.3) is 0 Å². The number of ether oxygens (including phenoxy) is 1. The summed E-state index contributed by atoms with van der Waals surface area (Å²) in [6, 6.07) is 7.36. The fourth-order valence-electron chi connectivity index (χ4n) is 3.09. The SMILES string of the molecule is CC(C)(C)c1cccc([C@H]2CN(C3CCC(=O)NC3=O)C(=O)O2)c1. The zero-order valence-corrected chi connectivity index (χ0v) is 14.2. The van der Waals surface area contributed by atoms with Crippen LogP contribution in [0.5, 0.6) is 0 Å². The van der Waals surface area contributed by atoms with Crippen molar-refractivity contribution in [3.8, 4) is 0 Å². The molecule has 0 saturated carbocycles. The molecule has 0 aliphatic carbocycles. The fraction of sp³-hybridized carbons (Fsp3) is 0.500. The monoisotopic (exact) mass is 330 g/mol. The Morgan fingerprint density at radius 1 is 1.21 bits per heavy atom. The van der Waals surface area contributed by atoms with E-state index in [1.807, 2.05) is 18.2 Å². The topological polar surface area (TPSA) is 75.7 Å². The molecule has 1 N–H and O–H groups in total. The highest BCUT2D eigenvalue weighted by Crippen LogP contribution is 2.32. The Kier molecular flexibility index (Phi) is 4.07. The predicted molar refractivity (Wildman–Crippen MR) is 87.2 cm³/mol. The van der Waals surface area contributed by atoms with Crippen molar-refractivity contribution in [2.75, 3.05) is 6.54 Å². The molecular weight excluding hydrogens is 308 g/mol. The molecule has 6 nitrogen and oxygen atoms in total. The molecule has 1 aromatic rings. The highest BCUT2D eigenvalue weighted by Gasteiger charge is 2.42. The average Bonchev–Trinajstić information content (AvgIpc) is 2.88. The van der Waals surface area contributed by atoms with Crippen molar-refractivity contribution < 1.29 is 19.1 Å². The molecule has 2 atom stereocenters. The maximum atomic E-state index is 12.2. The number of imide groups is 1. The molecule has 1 unspecified atom stereocenters. The van der Waals surface area contributed by atoms with E-state index in [0.717, 1.165) is 11.1 Å². The number of hydrogen-bond donors (Lipinski definition) is 1. The number of hydrogen-bond acceptors (Lipinski definition) is 4. The van der Waals surface area contributed by atoms with Gasteiger partial charge in [-0.15, -0.1) is 0 Å². The number of benzene rings is 1. The summed E-state index contributed by atoms with van der Waals surface area (Å²) < 4.78 is 5.48. The van der Waals surface area contributed by atoms with E-state index in [1.165, 1.54) is 4.90 Å². The van der Waals surface area contributed by atoms with Crippen LogP contribution in [-0.2, 0) is 19.7 Å². The molecule has 1 aromatic carbocycles. The van der Waals surface area contributed by atoms with Crippen molar-refractivity contribution in [3.63, 3.8) is 0 Å². The Balaban J connectivity index is 1.78. The lowest BCUT2D eigenvalue weighted by atomic mass is 9.85. The summed E-state index contributed by atoms with van der Waals surface area (Å²) in [4.78, 5) is 36.9. The highest BCUT2D eigenvalue weighted by atomic mass is 16.6. The molecule has 0 radical (unpaired) electrons. The van der Waals surface area contributed by atoms with Gasteiger partial charge in [-0.1, -0.05) is 45.0 Å². The molecule has 0 bridgehead atoms. The summed E-state index contributed by atoms with van der Waals surface area (Å²) in [5, 5.41) is 2.28.